The molecule has 1 fully saturated rings. The summed E-state index contributed by atoms with van der Waals surface area (Å²) in [6, 6.07) is 4.22. The number of fused-ring (bicyclic) bond motifs is 2. The maximum Gasteiger partial charge on any atom is 0.128 e. The van der Waals surface area contributed by atoms with Crippen molar-refractivity contribution in [3.63, 3.8) is 0 Å². The standard InChI is InChI=1S/C18H21N5O/c1-11-18(24)21(2)9-15-16(20-17(23(11)15)12-3-4-12)13-5-6-14-7-19-10-22(14)8-13/h5-8,10-12,18,24H,3-4,9H2,1-2H3. The number of hydrogen-bond donors (Lipinski definition) is 1. The molecular formula is C18H21N5O. The van der Waals surface area contributed by atoms with Crippen LogP contribution in [0.3, 0.4) is 0 Å². The summed E-state index contributed by atoms with van der Waals surface area (Å²) in [5.74, 6) is 1.69. The van der Waals surface area contributed by atoms with Crippen LogP contribution in [-0.4, -0.2) is 42.2 Å². The van der Waals surface area contributed by atoms with Gasteiger partial charge in [-0.25, -0.2) is 9.97 Å². The van der Waals surface area contributed by atoms with Crippen LogP contribution in [0.15, 0.2) is 30.9 Å². The van der Waals surface area contributed by atoms with Crippen molar-refractivity contribution in [1.82, 2.24) is 23.8 Å². The van der Waals surface area contributed by atoms with Crippen LogP contribution < -0.4 is 0 Å². The van der Waals surface area contributed by atoms with Gasteiger partial charge in [-0.3, -0.25) is 4.90 Å². The lowest BCUT2D eigenvalue weighted by atomic mass is 10.1. The third-order valence-electron chi connectivity index (χ3n) is 5.35. The Hall–Kier alpha value is -2.18. The molecular weight excluding hydrogens is 302 g/mol. The summed E-state index contributed by atoms with van der Waals surface area (Å²) >= 11 is 0. The topological polar surface area (TPSA) is 58.6 Å². The van der Waals surface area contributed by atoms with E-state index in [2.05, 4.69) is 34.8 Å². The molecule has 2 atom stereocenters. The Balaban J connectivity index is 1.71. The molecule has 0 bridgehead atoms. The van der Waals surface area contributed by atoms with Crippen LogP contribution >= 0.6 is 0 Å². The minimum Gasteiger partial charge on any atom is -0.376 e. The minimum atomic E-state index is -0.465. The first-order valence-corrected chi connectivity index (χ1v) is 8.55. The van der Waals surface area contributed by atoms with Gasteiger partial charge in [-0.2, -0.15) is 0 Å². The molecule has 0 radical (unpaired) electrons. The Labute approximate surface area is 140 Å². The molecule has 5 rings (SSSR count). The molecule has 6 heteroatoms. The van der Waals surface area contributed by atoms with Crippen LogP contribution in [0.2, 0.25) is 0 Å². The second kappa shape index (κ2) is 4.91. The highest BCUT2D eigenvalue weighted by atomic mass is 16.3. The van der Waals surface area contributed by atoms with E-state index in [1.165, 1.54) is 18.5 Å². The summed E-state index contributed by atoms with van der Waals surface area (Å²) in [7, 11) is 1.97. The number of likely N-dealkylation sites (N-methyl/N-ethyl adjacent to an activating group) is 1. The van der Waals surface area contributed by atoms with Crippen molar-refractivity contribution >= 4 is 5.52 Å². The van der Waals surface area contributed by atoms with Crippen LogP contribution in [0.5, 0.6) is 0 Å². The van der Waals surface area contributed by atoms with Crippen LogP contribution in [0.25, 0.3) is 16.8 Å². The average Bonchev–Trinajstić information content (AvgIpc) is 3.19. The van der Waals surface area contributed by atoms with Crippen LogP contribution in [0, 0.1) is 0 Å². The lowest BCUT2D eigenvalue weighted by molar-refractivity contribution is -0.0377. The van der Waals surface area contributed by atoms with Crippen molar-refractivity contribution in [2.45, 2.75) is 44.5 Å². The molecule has 2 aliphatic rings. The molecule has 4 heterocycles. The minimum absolute atomic E-state index is 0.0209. The van der Waals surface area contributed by atoms with E-state index in [1.807, 2.05) is 28.9 Å². The predicted molar refractivity (Wildman–Crippen MR) is 90.6 cm³/mol. The Morgan fingerprint density at radius 3 is 2.88 bits per heavy atom. The molecule has 0 saturated heterocycles. The largest absolute Gasteiger partial charge is 0.376 e. The Morgan fingerprint density at radius 2 is 2.08 bits per heavy atom. The molecule has 3 aromatic rings. The lowest BCUT2D eigenvalue weighted by Crippen LogP contribution is -2.43. The summed E-state index contributed by atoms with van der Waals surface area (Å²) in [5.41, 5.74) is 4.43. The van der Waals surface area contributed by atoms with E-state index < -0.39 is 6.23 Å². The molecule has 3 aromatic heterocycles. The zero-order valence-corrected chi connectivity index (χ0v) is 13.9. The van der Waals surface area contributed by atoms with Crippen LogP contribution in [-0.2, 0) is 6.54 Å². The van der Waals surface area contributed by atoms with Crippen molar-refractivity contribution in [2.75, 3.05) is 7.05 Å². The number of rotatable bonds is 2. The molecule has 24 heavy (non-hydrogen) atoms. The predicted octanol–water partition coefficient (Wildman–Crippen LogP) is 2.40. The Bertz CT molecular complexity index is 923. The molecule has 1 aliphatic carbocycles. The van der Waals surface area contributed by atoms with E-state index in [4.69, 9.17) is 4.98 Å². The average molecular weight is 323 g/mol. The second-order valence-electron chi connectivity index (χ2n) is 7.12. The fourth-order valence-corrected chi connectivity index (χ4v) is 3.84. The summed E-state index contributed by atoms with van der Waals surface area (Å²) in [5, 5.41) is 10.5. The number of aliphatic hydroxyl groups is 1. The van der Waals surface area contributed by atoms with Gasteiger partial charge in [-0.15, -0.1) is 0 Å². The summed E-state index contributed by atoms with van der Waals surface area (Å²) < 4.78 is 4.32. The molecule has 0 spiro atoms. The highest BCUT2D eigenvalue weighted by Crippen LogP contribution is 2.44. The summed E-state index contributed by atoms with van der Waals surface area (Å²) in [6.45, 7) is 2.79. The molecule has 6 nitrogen and oxygen atoms in total. The number of nitrogens with zero attached hydrogens (tertiary/aromatic N) is 5. The third-order valence-corrected chi connectivity index (χ3v) is 5.35. The van der Waals surface area contributed by atoms with Gasteiger partial charge < -0.3 is 14.1 Å². The van der Waals surface area contributed by atoms with Crippen molar-refractivity contribution in [3.8, 4) is 11.3 Å². The number of imidazole rings is 2. The van der Waals surface area contributed by atoms with Gasteiger partial charge in [0.05, 0.1) is 35.5 Å². The van der Waals surface area contributed by atoms with Crippen LogP contribution in [0.1, 0.15) is 43.2 Å². The number of aliphatic hydroxyl groups excluding tert-OH is 1. The zero-order chi connectivity index (χ0) is 16.4. The van der Waals surface area contributed by atoms with Crippen molar-refractivity contribution < 1.29 is 5.11 Å². The second-order valence-corrected chi connectivity index (χ2v) is 7.12. The van der Waals surface area contributed by atoms with Crippen molar-refractivity contribution in [1.29, 1.82) is 0 Å². The third kappa shape index (κ3) is 1.96. The van der Waals surface area contributed by atoms with E-state index in [0.717, 1.165) is 22.6 Å². The van der Waals surface area contributed by atoms with E-state index >= 15 is 0 Å². The van der Waals surface area contributed by atoms with Crippen molar-refractivity contribution in [3.05, 3.63) is 42.4 Å². The van der Waals surface area contributed by atoms with Gasteiger partial charge in [0, 0.05) is 24.2 Å². The van der Waals surface area contributed by atoms with E-state index in [1.54, 1.807) is 0 Å². The van der Waals surface area contributed by atoms with Crippen molar-refractivity contribution in [2.24, 2.45) is 0 Å². The fraction of sp³-hybridized carbons (Fsp3) is 0.444. The van der Waals surface area contributed by atoms with Gasteiger partial charge in [0.2, 0.25) is 0 Å². The molecule has 124 valence electrons. The number of aromatic nitrogens is 4. The van der Waals surface area contributed by atoms with Gasteiger partial charge >= 0.3 is 0 Å². The van der Waals surface area contributed by atoms with Gasteiger partial charge in [0.15, 0.2) is 0 Å². The first kappa shape index (κ1) is 14.2. The van der Waals surface area contributed by atoms with Crippen LogP contribution in [0.4, 0.5) is 0 Å². The molecule has 2 unspecified atom stereocenters. The number of pyridine rings is 1. The maximum absolute atomic E-state index is 10.5. The monoisotopic (exact) mass is 323 g/mol. The van der Waals surface area contributed by atoms with E-state index in [0.29, 0.717) is 12.5 Å². The van der Waals surface area contributed by atoms with E-state index in [-0.39, 0.29) is 6.04 Å². The Morgan fingerprint density at radius 1 is 1.25 bits per heavy atom. The molecule has 1 saturated carbocycles. The summed E-state index contributed by atoms with van der Waals surface area (Å²) in [6.07, 6.45) is 7.71. The fourth-order valence-electron chi connectivity index (χ4n) is 3.84. The highest BCUT2D eigenvalue weighted by molar-refractivity contribution is 5.65. The van der Waals surface area contributed by atoms with E-state index in [9.17, 15) is 5.11 Å². The molecule has 0 amide bonds. The maximum atomic E-state index is 10.5. The van der Waals surface area contributed by atoms with Gasteiger partial charge in [0.1, 0.15) is 12.1 Å². The SMILES string of the molecule is CC1C(O)N(C)Cc2c(-c3ccc4cncn4c3)nc(C3CC3)n21. The molecule has 1 aliphatic heterocycles. The lowest BCUT2D eigenvalue weighted by Gasteiger charge is -2.36. The Kier molecular flexibility index (Phi) is 2.90. The molecule has 1 N–H and O–H groups in total. The quantitative estimate of drug-likeness (QED) is 0.787. The first-order chi connectivity index (χ1) is 11.6. The van der Waals surface area contributed by atoms with Gasteiger partial charge in [-0.1, -0.05) is 0 Å². The molecule has 0 aromatic carbocycles. The smallest absolute Gasteiger partial charge is 0.128 e. The first-order valence-electron chi connectivity index (χ1n) is 8.55. The number of hydrogen-bond acceptors (Lipinski definition) is 4. The highest BCUT2D eigenvalue weighted by Gasteiger charge is 2.38. The zero-order valence-electron chi connectivity index (χ0n) is 13.9. The summed E-state index contributed by atoms with van der Waals surface area (Å²) in [4.78, 5) is 11.2. The van der Waals surface area contributed by atoms with Gasteiger partial charge in [0.25, 0.3) is 0 Å². The van der Waals surface area contributed by atoms with Gasteiger partial charge in [-0.05, 0) is 38.9 Å². The normalized spacial score (nSPS) is 24.5.